The monoisotopic (exact) mass is 326 g/mol. The molecule has 0 saturated carbocycles. The van der Waals surface area contributed by atoms with Gasteiger partial charge in [-0.25, -0.2) is 0 Å². The summed E-state index contributed by atoms with van der Waals surface area (Å²) in [7, 11) is 1.81. The molecule has 4 heteroatoms. The average Bonchev–Trinajstić information content (AvgIpc) is 2.58. The van der Waals surface area contributed by atoms with E-state index in [9.17, 15) is 9.90 Å². The molecule has 0 saturated heterocycles. The predicted molar refractivity (Wildman–Crippen MR) is 95.8 cm³/mol. The maximum atomic E-state index is 12.8. The fourth-order valence-corrected chi connectivity index (χ4v) is 2.54. The Balaban J connectivity index is 2.11. The number of nitrogens with zero attached hydrogens (tertiary/aromatic N) is 2. The molecule has 128 valence electrons. The summed E-state index contributed by atoms with van der Waals surface area (Å²) in [5.74, 6) is -0.0172. The minimum absolute atomic E-state index is 0.0172. The lowest BCUT2D eigenvalue weighted by Gasteiger charge is -2.25. The highest BCUT2D eigenvalue weighted by Gasteiger charge is 2.19. The van der Waals surface area contributed by atoms with E-state index in [4.69, 9.17) is 0 Å². The first-order valence-electron chi connectivity index (χ1n) is 8.26. The lowest BCUT2D eigenvalue weighted by Crippen LogP contribution is -2.29. The maximum Gasteiger partial charge on any atom is 0.254 e. The van der Waals surface area contributed by atoms with Crippen LogP contribution in [0.5, 0.6) is 0 Å². The Morgan fingerprint density at radius 2 is 2.04 bits per heavy atom. The van der Waals surface area contributed by atoms with E-state index >= 15 is 0 Å². The van der Waals surface area contributed by atoms with Gasteiger partial charge in [-0.05, 0) is 62.9 Å². The van der Waals surface area contributed by atoms with Crippen molar-refractivity contribution in [2.75, 3.05) is 7.05 Å². The standard InChI is InChI=1S/C20H26N2O2/c1-15(18-9-6-12-21-14-18)22(4)19(23)17-8-5-7-16(13-17)10-11-20(2,3)24/h5-9,12-15,24H,10-11H2,1-4H3/t15-/m0/s1. The van der Waals surface area contributed by atoms with Crippen molar-refractivity contribution in [1.29, 1.82) is 0 Å². The number of carbonyl (C=O) groups excluding carboxylic acids is 1. The maximum absolute atomic E-state index is 12.8. The number of carbonyl (C=O) groups is 1. The lowest BCUT2D eigenvalue weighted by molar-refractivity contribution is 0.0714. The second-order valence-electron chi connectivity index (χ2n) is 6.89. The fourth-order valence-electron chi connectivity index (χ4n) is 2.54. The average molecular weight is 326 g/mol. The van der Waals surface area contributed by atoms with Crippen LogP contribution in [-0.2, 0) is 6.42 Å². The van der Waals surface area contributed by atoms with Crippen molar-refractivity contribution in [1.82, 2.24) is 9.88 Å². The van der Waals surface area contributed by atoms with Gasteiger partial charge in [-0.2, -0.15) is 0 Å². The van der Waals surface area contributed by atoms with Crippen LogP contribution in [0.2, 0.25) is 0 Å². The summed E-state index contributed by atoms with van der Waals surface area (Å²) < 4.78 is 0. The van der Waals surface area contributed by atoms with Crippen LogP contribution in [0.4, 0.5) is 0 Å². The van der Waals surface area contributed by atoms with Gasteiger partial charge in [0.2, 0.25) is 0 Å². The van der Waals surface area contributed by atoms with E-state index in [2.05, 4.69) is 4.98 Å². The predicted octanol–water partition coefficient (Wildman–Crippen LogP) is 3.62. The van der Waals surface area contributed by atoms with Crippen LogP contribution in [0, 0.1) is 0 Å². The summed E-state index contributed by atoms with van der Waals surface area (Å²) >= 11 is 0. The molecule has 4 nitrogen and oxygen atoms in total. The fraction of sp³-hybridized carbons (Fsp3) is 0.400. The summed E-state index contributed by atoms with van der Waals surface area (Å²) in [6.45, 7) is 5.59. The number of amides is 1. The number of aromatic nitrogens is 1. The number of aliphatic hydroxyl groups is 1. The van der Waals surface area contributed by atoms with Gasteiger partial charge < -0.3 is 10.0 Å². The van der Waals surface area contributed by atoms with Crippen LogP contribution < -0.4 is 0 Å². The van der Waals surface area contributed by atoms with Crippen molar-refractivity contribution >= 4 is 5.91 Å². The molecule has 1 N–H and O–H groups in total. The van der Waals surface area contributed by atoms with Crippen LogP contribution in [0.15, 0.2) is 48.8 Å². The summed E-state index contributed by atoms with van der Waals surface area (Å²) in [5, 5.41) is 9.86. The Hall–Kier alpha value is -2.20. The molecular weight excluding hydrogens is 300 g/mol. The largest absolute Gasteiger partial charge is 0.390 e. The molecule has 1 aromatic heterocycles. The molecule has 24 heavy (non-hydrogen) atoms. The molecular formula is C20H26N2O2. The molecule has 0 aliphatic heterocycles. The molecule has 0 bridgehead atoms. The number of hydrogen-bond donors (Lipinski definition) is 1. The van der Waals surface area contributed by atoms with Gasteiger partial charge in [0, 0.05) is 25.0 Å². The smallest absolute Gasteiger partial charge is 0.254 e. The van der Waals surface area contributed by atoms with Gasteiger partial charge in [0.25, 0.3) is 5.91 Å². The number of pyridine rings is 1. The summed E-state index contributed by atoms with van der Waals surface area (Å²) in [5.41, 5.74) is 2.03. The lowest BCUT2D eigenvalue weighted by atomic mass is 9.97. The van der Waals surface area contributed by atoms with Crippen molar-refractivity contribution in [3.05, 3.63) is 65.5 Å². The van der Waals surface area contributed by atoms with Crippen LogP contribution in [0.3, 0.4) is 0 Å². The van der Waals surface area contributed by atoms with E-state index in [-0.39, 0.29) is 11.9 Å². The van der Waals surface area contributed by atoms with Crippen molar-refractivity contribution in [3.63, 3.8) is 0 Å². The molecule has 0 aliphatic rings. The van der Waals surface area contributed by atoms with E-state index in [1.807, 2.05) is 50.4 Å². The topological polar surface area (TPSA) is 53.4 Å². The molecule has 0 unspecified atom stereocenters. The number of aryl methyl sites for hydroxylation is 1. The molecule has 1 aromatic carbocycles. The van der Waals surface area contributed by atoms with Crippen molar-refractivity contribution in [3.8, 4) is 0 Å². The van der Waals surface area contributed by atoms with Gasteiger partial charge in [0.05, 0.1) is 11.6 Å². The molecule has 0 spiro atoms. The van der Waals surface area contributed by atoms with Crippen LogP contribution in [-0.4, -0.2) is 33.5 Å². The second-order valence-corrected chi connectivity index (χ2v) is 6.89. The van der Waals surface area contributed by atoms with E-state index in [1.165, 1.54) is 0 Å². The van der Waals surface area contributed by atoms with Crippen LogP contribution >= 0.6 is 0 Å². The number of rotatable bonds is 6. The number of benzene rings is 1. The highest BCUT2D eigenvalue weighted by Crippen LogP contribution is 2.21. The molecule has 1 heterocycles. The van der Waals surface area contributed by atoms with E-state index < -0.39 is 5.60 Å². The van der Waals surface area contributed by atoms with Gasteiger partial charge in [-0.3, -0.25) is 9.78 Å². The van der Waals surface area contributed by atoms with E-state index in [0.717, 1.165) is 17.5 Å². The zero-order valence-electron chi connectivity index (χ0n) is 14.9. The quantitative estimate of drug-likeness (QED) is 0.882. The third kappa shape index (κ3) is 4.90. The summed E-state index contributed by atoms with van der Waals surface area (Å²) in [6, 6.07) is 11.4. The minimum atomic E-state index is -0.703. The van der Waals surface area contributed by atoms with Gasteiger partial charge in [0.15, 0.2) is 0 Å². The van der Waals surface area contributed by atoms with Crippen LogP contribution in [0.1, 0.15) is 54.7 Å². The Kier molecular flexibility index (Phi) is 5.73. The van der Waals surface area contributed by atoms with Crippen LogP contribution in [0.25, 0.3) is 0 Å². The molecule has 2 rings (SSSR count). The summed E-state index contributed by atoms with van der Waals surface area (Å²) in [4.78, 5) is 18.6. The molecule has 1 amide bonds. The highest BCUT2D eigenvalue weighted by atomic mass is 16.3. The van der Waals surface area contributed by atoms with E-state index in [1.54, 1.807) is 31.1 Å². The normalized spacial score (nSPS) is 12.7. The van der Waals surface area contributed by atoms with Crippen molar-refractivity contribution in [2.45, 2.75) is 45.3 Å². The van der Waals surface area contributed by atoms with Gasteiger partial charge in [-0.1, -0.05) is 18.2 Å². The SMILES string of the molecule is C[C@@H](c1cccnc1)N(C)C(=O)c1cccc(CCC(C)(C)O)c1. The molecule has 1 atom stereocenters. The Bertz CT molecular complexity index is 678. The Morgan fingerprint density at radius 1 is 1.29 bits per heavy atom. The van der Waals surface area contributed by atoms with Gasteiger partial charge in [0.1, 0.15) is 0 Å². The van der Waals surface area contributed by atoms with Gasteiger partial charge in [-0.15, -0.1) is 0 Å². The van der Waals surface area contributed by atoms with Crippen molar-refractivity contribution < 1.29 is 9.90 Å². The van der Waals surface area contributed by atoms with E-state index in [0.29, 0.717) is 12.0 Å². The van der Waals surface area contributed by atoms with Crippen molar-refractivity contribution in [2.24, 2.45) is 0 Å². The Morgan fingerprint density at radius 3 is 2.67 bits per heavy atom. The first-order chi connectivity index (χ1) is 11.3. The molecule has 0 fully saturated rings. The highest BCUT2D eigenvalue weighted by molar-refractivity contribution is 5.94. The molecule has 0 aliphatic carbocycles. The third-order valence-electron chi connectivity index (χ3n) is 4.27. The summed E-state index contributed by atoms with van der Waals surface area (Å²) in [6.07, 6.45) is 4.91. The third-order valence-corrected chi connectivity index (χ3v) is 4.27. The first-order valence-corrected chi connectivity index (χ1v) is 8.26. The minimum Gasteiger partial charge on any atom is -0.390 e. The van der Waals surface area contributed by atoms with Gasteiger partial charge >= 0.3 is 0 Å². The second kappa shape index (κ2) is 7.58. The first kappa shape index (κ1) is 18.1. The Labute approximate surface area is 144 Å². The zero-order chi connectivity index (χ0) is 17.7. The molecule has 0 radical (unpaired) electrons. The molecule has 2 aromatic rings. The zero-order valence-corrected chi connectivity index (χ0v) is 14.9. The number of hydrogen-bond acceptors (Lipinski definition) is 3.